The molecule has 0 bridgehead atoms. The molecule has 1 amide bonds. The minimum absolute atomic E-state index is 0.237. The van der Waals surface area contributed by atoms with Gasteiger partial charge >= 0.3 is 0 Å². The summed E-state index contributed by atoms with van der Waals surface area (Å²) in [5.74, 6) is -0.0916. The number of amides is 1. The summed E-state index contributed by atoms with van der Waals surface area (Å²) in [7, 11) is 0. The van der Waals surface area contributed by atoms with Crippen LogP contribution in [0.4, 0.5) is 0 Å². The lowest BCUT2D eigenvalue weighted by Crippen LogP contribution is -2.14. The van der Waals surface area contributed by atoms with Crippen LogP contribution in [-0.2, 0) is 6.54 Å². The van der Waals surface area contributed by atoms with Gasteiger partial charge in [-0.15, -0.1) is 0 Å². The van der Waals surface area contributed by atoms with E-state index in [0.29, 0.717) is 19.0 Å². The van der Waals surface area contributed by atoms with Gasteiger partial charge in [-0.1, -0.05) is 12.1 Å². The summed E-state index contributed by atoms with van der Waals surface area (Å²) >= 11 is 0. The Morgan fingerprint density at radius 1 is 1.24 bits per heavy atom. The third-order valence-electron chi connectivity index (χ3n) is 2.89. The van der Waals surface area contributed by atoms with Gasteiger partial charge in [-0.25, -0.2) is 9.97 Å². The number of primary amides is 1. The van der Waals surface area contributed by atoms with Gasteiger partial charge in [-0.3, -0.25) is 9.48 Å². The zero-order chi connectivity index (χ0) is 14.7. The summed E-state index contributed by atoms with van der Waals surface area (Å²) in [6, 6.07) is 9.14. The number of nitrogens with zero attached hydrogens (tertiary/aromatic N) is 4. The maximum absolute atomic E-state index is 10.9. The Bertz CT molecular complexity index is 784. The van der Waals surface area contributed by atoms with Gasteiger partial charge in [0, 0.05) is 6.20 Å². The Balaban J connectivity index is 1.62. The monoisotopic (exact) mass is 283 g/mol. The molecule has 2 N–H and O–H groups in total. The third-order valence-corrected chi connectivity index (χ3v) is 2.89. The highest BCUT2D eigenvalue weighted by atomic mass is 16.5. The van der Waals surface area contributed by atoms with Crippen LogP contribution in [0.2, 0.25) is 0 Å². The van der Waals surface area contributed by atoms with Crippen molar-refractivity contribution < 1.29 is 9.53 Å². The van der Waals surface area contributed by atoms with Crippen LogP contribution in [0.15, 0.2) is 42.7 Å². The van der Waals surface area contributed by atoms with Gasteiger partial charge in [0.05, 0.1) is 23.8 Å². The zero-order valence-corrected chi connectivity index (χ0v) is 11.1. The molecule has 21 heavy (non-hydrogen) atoms. The van der Waals surface area contributed by atoms with E-state index in [0.717, 1.165) is 11.0 Å². The second-order valence-electron chi connectivity index (χ2n) is 4.37. The first-order valence-electron chi connectivity index (χ1n) is 6.40. The van der Waals surface area contributed by atoms with Crippen LogP contribution in [-0.4, -0.2) is 32.3 Å². The number of hydrogen-bond donors (Lipinski definition) is 1. The smallest absolute Gasteiger partial charge is 0.269 e. The molecule has 7 nitrogen and oxygen atoms in total. The van der Waals surface area contributed by atoms with E-state index in [-0.39, 0.29) is 5.69 Å². The maximum atomic E-state index is 10.9. The van der Waals surface area contributed by atoms with Crippen LogP contribution < -0.4 is 10.5 Å². The van der Waals surface area contributed by atoms with Gasteiger partial charge in [0.2, 0.25) is 5.88 Å². The number of carbonyl (C=O) groups is 1. The lowest BCUT2D eigenvalue weighted by molar-refractivity contribution is 0.0994. The predicted octanol–water partition coefficient (Wildman–Crippen LogP) is 1.00. The molecule has 106 valence electrons. The highest BCUT2D eigenvalue weighted by molar-refractivity contribution is 5.90. The van der Waals surface area contributed by atoms with E-state index >= 15 is 0 Å². The molecule has 3 aromatic rings. The van der Waals surface area contributed by atoms with Crippen LogP contribution in [0.1, 0.15) is 10.5 Å². The molecular formula is C14H13N5O2. The molecule has 1 aromatic carbocycles. The van der Waals surface area contributed by atoms with Gasteiger partial charge in [-0.05, 0) is 18.2 Å². The molecule has 0 atom stereocenters. The Morgan fingerprint density at radius 3 is 2.81 bits per heavy atom. The van der Waals surface area contributed by atoms with Crippen molar-refractivity contribution in [2.75, 3.05) is 6.61 Å². The number of carbonyl (C=O) groups excluding carboxylic acids is 1. The van der Waals surface area contributed by atoms with Gasteiger partial charge < -0.3 is 10.5 Å². The van der Waals surface area contributed by atoms with Gasteiger partial charge in [-0.2, -0.15) is 5.10 Å². The highest BCUT2D eigenvalue weighted by Crippen LogP contribution is 2.12. The van der Waals surface area contributed by atoms with E-state index in [1.807, 2.05) is 24.3 Å². The van der Waals surface area contributed by atoms with Crippen molar-refractivity contribution in [2.24, 2.45) is 5.73 Å². The van der Waals surface area contributed by atoms with Crippen molar-refractivity contribution in [1.82, 2.24) is 19.7 Å². The van der Waals surface area contributed by atoms with Crippen molar-refractivity contribution in [3.8, 4) is 5.88 Å². The molecule has 0 aliphatic carbocycles. The fraction of sp³-hybridized carbons (Fsp3) is 0.143. The van der Waals surface area contributed by atoms with Gasteiger partial charge in [0.15, 0.2) is 0 Å². The Hall–Kier alpha value is -2.96. The summed E-state index contributed by atoms with van der Waals surface area (Å²) in [6.07, 6.45) is 3.26. The van der Waals surface area contributed by atoms with E-state index in [1.165, 1.54) is 0 Å². The van der Waals surface area contributed by atoms with E-state index in [2.05, 4.69) is 15.1 Å². The van der Waals surface area contributed by atoms with E-state index in [4.69, 9.17) is 10.5 Å². The summed E-state index contributed by atoms with van der Waals surface area (Å²) in [4.78, 5) is 19.5. The highest BCUT2D eigenvalue weighted by Gasteiger charge is 2.05. The summed E-state index contributed by atoms with van der Waals surface area (Å²) < 4.78 is 7.13. The zero-order valence-electron chi connectivity index (χ0n) is 11.1. The Morgan fingerprint density at radius 2 is 2.05 bits per heavy atom. The van der Waals surface area contributed by atoms with Crippen molar-refractivity contribution in [2.45, 2.75) is 6.54 Å². The normalized spacial score (nSPS) is 10.7. The third kappa shape index (κ3) is 2.97. The molecule has 0 radical (unpaired) electrons. The van der Waals surface area contributed by atoms with Crippen molar-refractivity contribution >= 4 is 16.9 Å². The number of nitrogens with two attached hydrogens (primary N) is 1. The van der Waals surface area contributed by atoms with Crippen LogP contribution in [0.5, 0.6) is 5.88 Å². The fourth-order valence-corrected chi connectivity index (χ4v) is 1.87. The molecule has 3 rings (SSSR count). The molecule has 2 heterocycles. The number of para-hydroxylation sites is 2. The number of ether oxygens (including phenoxy) is 1. The average Bonchev–Trinajstić information content (AvgIpc) is 2.96. The van der Waals surface area contributed by atoms with Gasteiger partial charge in [0.1, 0.15) is 12.3 Å². The second-order valence-corrected chi connectivity index (χ2v) is 4.37. The molecule has 0 spiro atoms. The lowest BCUT2D eigenvalue weighted by atomic mass is 10.3. The molecule has 0 saturated carbocycles. The largest absolute Gasteiger partial charge is 0.475 e. The van der Waals surface area contributed by atoms with Crippen molar-refractivity contribution in [3.05, 3.63) is 48.4 Å². The molecule has 7 heteroatoms. The summed E-state index contributed by atoms with van der Waals surface area (Å²) in [5, 5.41) is 4.02. The minimum atomic E-state index is -0.546. The molecule has 0 saturated heterocycles. The first kappa shape index (κ1) is 13.0. The topological polar surface area (TPSA) is 95.9 Å². The number of aromatic nitrogens is 4. The lowest BCUT2D eigenvalue weighted by Gasteiger charge is -2.05. The molecule has 0 aliphatic rings. The second kappa shape index (κ2) is 5.58. The molecule has 0 aliphatic heterocycles. The number of benzene rings is 1. The van der Waals surface area contributed by atoms with Gasteiger partial charge in [0.25, 0.3) is 5.91 Å². The van der Waals surface area contributed by atoms with Crippen molar-refractivity contribution in [1.29, 1.82) is 0 Å². The maximum Gasteiger partial charge on any atom is 0.269 e. The van der Waals surface area contributed by atoms with Crippen LogP contribution in [0.25, 0.3) is 11.0 Å². The van der Waals surface area contributed by atoms with E-state index in [1.54, 1.807) is 23.1 Å². The summed E-state index contributed by atoms with van der Waals surface area (Å²) in [5.41, 5.74) is 6.98. The first-order valence-corrected chi connectivity index (χ1v) is 6.40. The fourth-order valence-electron chi connectivity index (χ4n) is 1.87. The minimum Gasteiger partial charge on any atom is -0.475 e. The number of hydrogen-bond acceptors (Lipinski definition) is 5. The Kier molecular flexibility index (Phi) is 3.46. The predicted molar refractivity (Wildman–Crippen MR) is 75.8 cm³/mol. The van der Waals surface area contributed by atoms with Crippen molar-refractivity contribution in [3.63, 3.8) is 0 Å². The van der Waals surface area contributed by atoms with E-state index in [9.17, 15) is 4.79 Å². The SMILES string of the molecule is NC(=O)c1ccn(CCOc2cnc3ccccc3n2)n1. The number of rotatable bonds is 5. The van der Waals surface area contributed by atoms with Crippen LogP contribution in [0, 0.1) is 0 Å². The molecule has 0 fully saturated rings. The molecule has 0 unspecified atom stereocenters. The number of fused-ring (bicyclic) bond motifs is 1. The Labute approximate surface area is 120 Å². The standard InChI is InChI=1S/C14H13N5O2/c15-14(20)12-5-6-19(18-12)7-8-21-13-9-16-10-3-1-2-4-11(10)17-13/h1-6,9H,7-8H2,(H2,15,20). The van der Waals surface area contributed by atoms with Crippen LogP contribution in [0.3, 0.4) is 0 Å². The average molecular weight is 283 g/mol. The first-order chi connectivity index (χ1) is 10.2. The van der Waals surface area contributed by atoms with Crippen LogP contribution >= 0.6 is 0 Å². The summed E-state index contributed by atoms with van der Waals surface area (Å²) in [6.45, 7) is 0.856. The molecular weight excluding hydrogens is 270 g/mol. The van der Waals surface area contributed by atoms with E-state index < -0.39 is 5.91 Å². The molecule has 2 aromatic heterocycles. The quantitative estimate of drug-likeness (QED) is 0.753.